The number of rotatable bonds is 14. The molecule has 0 aromatic carbocycles. The number of aliphatic hydroxyl groups is 4. The molecule has 10 heteroatoms. The predicted molar refractivity (Wildman–Crippen MR) is 172 cm³/mol. The van der Waals surface area contributed by atoms with Crippen molar-refractivity contribution in [3.05, 3.63) is 36.0 Å². The van der Waals surface area contributed by atoms with Crippen molar-refractivity contribution in [3.8, 4) is 0 Å². The summed E-state index contributed by atoms with van der Waals surface area (Å²) < 4.78 is 11.6. The fourth-order valence-corrected chi connectivity index (χ4v) is 5.54. The highest BCUT2D eigenvalue weighted by Crippen LogP contribution is 2.37. The van der Waals surface area contributed by atoms with Crippen molar-refractivity contribution in [1.82, 2.24) is 9.96 Å². The van der Waals surface area contributed by atoms with Crippen molar-refractivity contribution in [1.29, 1.82) is 0 Å². The molecule has 2 aliphatic rings. The maximum Gasteiger partial charge on any atom is 0.309 e. The van der Waals surface area contributed by atoms with Crippen LogP contribution in [0.1, 0.15) is 80.6 Å². The third-order valence-electron chi connectivity index (χ3n) is 8.78. The largest absolute Gasteiger partial charge is 0.457 e. The van der Waals surface area contributed by atoms with Crippen molar-refractivity contribution >= 4 is 5.97 Å². The van der Waals surface area contributed by atoms with Gasteiger partial charge in [-0.15, -0.1) is 0 Å². The third-order valence-corrected chi connectivity index (χ3v) is 8.78. The minimum Gasteiger partial charge on any atom is -0.457 e. The van der Waals surface area contributed by atoms with E-state index in [0.717, 1.165) is 12.1 Å². The van der Waals surface area contributed by atoms with Gasteiger partial charge in [0.1, 0.15) is 12.2 Å². The van der Waals surface area contributed by atoms with Gasteiger partial charge in [0.15, 0.2) is 0 Å². The minimum atomic E-state index is -1.28. The molecule has 44 heavy (non-hydrogen) atoms. The number of hydrogen-bond donors (Lipinski definition) is 4. The molecule has 0 radical (unpaired) electrons. The van der Waals surface area contributed by atoms with Crippen molar-refractivity contribution in [2.45, 2.75) is 128 Å². The lowest BCUT2D eigenvalue weighted by Gasteiger charge is -2.36. The second kappa shape index (κ2) is 17.3. The average molecular weight is 625 g/mol. The molecule has 2 rings (SSSR count). The maximum absolute atomic E-state index is 12.8. The van der Waals surface area contributed by atoms with Gasteiger partial charge in [0.05, 0.1) is 42.0 Å². The van der Waals surface area contributed by atoms with Crippen LogP contribution in [-0.2, 0) is 19.1 Å². The Morgan fingerprint density at radius 3 is 2.57 bits per heavy atom. The SMILES string of the molecule is CCC(O)C(C)C1OC1CC(C)(O)/C=C/C=C(\C)C1OC(=O)CC(O)CCC(C)(O)C(ON(CC)CCN(C)C)/C=C/C1C. The van der Waals surface area contributed by atoms with Gasteiger partial charge in [-0.05, 0) is 59.7 Å². The zero-order valence-corrected chi connectivity index (χ0v) is 28.5. The number of likely N-dealkylation sites (N-methyl/N-ethyl adjacent to an activating group) is 2. The van der Waals surface area contributed by atoms with Gasteiger partial charge in [-0.25, -0.2) is 0 Å². The number of allylic oxidation sites excluding steroid dienone is 2. The molecule has 2 aliphatic heterocycles. The number of esters is 1. The van der Waals surface area contributed by atoms with Crippen molar-refractivity contribution < 1.29 is 39.5 Å². The smallest absolute Gasteiger partial charge is 0.309 e. The number of aliphatic hydroxyl groups excluding tert-OH is 2. The molecular formula is C34H60N2O8. The molecule has 0 aromatic heterocycles. The Labute approximate surface area is 265 Å². The van der Waals surface area contributed by atoms with E-state index in [4.69, 9.17) is 14.3 Å². The Hall–Kier alpha value is -1.63. The molecule has 0 aliphatic carbocycles. The van der Waals surface area contributed by atoms with Gasteiger partial charge in [-0.1, -0.05) is 58.1 Å². The van der Waals surface area contributed by atoms with E-state index in [2.05, 4.69) is 4.90 Å². The van der Waals surface area contributed by atoms with Crippen molar-refractivity contribution in [2.75, 3.05) is 33.7 Å². The first-order chi connectivity index (χ1) is 20.5. The molecule has 1 fully saturated rings. The Morgan fingerprint density at radius 1 is 1.27 bits per heavy atom. The topological polar surface area (TPSA) is 135 Å². The molecular weight excluding hydrogens is 564 g/mol. The monoisotopic (exact) mass is 624 g/mol. The van der Waals surface area contributed by atoms with Gasteiger partial charge in [-0.3, -0.25) is 9.63 Å². The summed E-state index contributed by atoms with van der Waals surface area (Å²) in [4.78, 5) is 21.2. The Morgan fingerprint density at radius 2 is 1.95 bits per heavy atom. The van der Waals surface area contributed by atoms with E-state index in [1.165, 1.54) is 0 Å². The Balaban J connectivity index is 2.22. The maximum atomic E-state index is 12.8. The van der Waals surface area contributed by atoms with E-state index in [1.807, 2.05) is 72.0 Å². The molecule has 10 unspecified atom stereocenters. The summed E-state index contributed by atoms with van der Waals surface area (Å²) >= 11 is 0. The van der Waals surface area contributed by atoms with E-state index < -0.39 is 41.6 Å². The minimum absolute atomic E-state index is 0.00699. The Kier molecular flexibility index (Phi) is 15.2. The molecule has 2 heterocycles. The van der Waals surface area contributed by atoms with E-state index in [0.29, 0.717) is 25.9 Å². The molecule has 0 bridgehead atoms. The molecule has 10 nitrogen and oxygen atoms in total. The Bertz CT molecular complexity index is 978. The molecule has 254 valence electrons. The predicted octanol–water partition coefficient (Wildman–Crippen LogP) is 3.39. The lowest BCUT2D eigenvalue weighted by molar-refractivity contribution is -0.229. The number of carbonyl (C=O) groups excluding carboxylic acids is 1. The van der Waals surface area contributed by atoms with Crippen LogP contribution in [0.4, 0.5) is 0 Å². The molecule has 1 saturated heterocycles. The van der Waals surface area contributed by atoms with Crippen LogP contribution in [0.15, 0.2) is 36.0 Å². The van der Waals surface area contributed by atoms with Gasteiger partial charge in [-0.2, -0.15) is 5.06 Å². The van der Waals surface area contributed by atoms with Gasteiger partial charge in [0.25, 0.3) is 0 Å². The first kappa shape index (κ1) is 38.6. The summed E-state index contributed by atoms with van der Waals surface area (Å²) in [6.45, 7) is 15.2. The highest BCUT2D eigenvalue weighted by atomic mass is 16.7. The van der Waals surface area contributed by atoms with Crippen LogP contribution in [0.2, 0.25) is 0 Å². The molecule has 0 amide bonds. The zero-order chi connectivity index (χ0) is 33.2. The number of carbonyl (C=O) groups is 1. The average Bonchev–Trinajstić information content (AvgIpc) is 3.70. The van der Waals surface area contributed by atoms with E-state index in [1.54, 1.807) is 26.0 Å². The molecule has 10 atom stereocenters. The van der Waals surface area contributed by atoms with Crippen LogP contribution < -0.4 is 0 Å². The quantitative estimate of drug-likeness (QED) is 0.0749. The zero-order valence-electron chi connectivity index (χ0n) is 28.5. The van der Waals surface area contributed by atoms with E-state index in [-0.39, 0.29) is 43.3 Å². The summed E-state index contributed by atoms with van der Waals surface area (Å²) in [5, 5.41) is 45.0. The fourth-order valence-electron chi connectivity index (χ4n) is 5.54. The van der Waals surface area contributed by atoms with Gasteiger partial charge < -0.3 is 34.8 Å². The van der Waals surface area contributed by atoms with E-state index in [9.17, 15) is 25.2 Å². The summed E-state index contributed by atoms with van der Waals surface area (Å²) in [5.41, 5.74) is -1.64. The van der Waals surface area contributed by atoms with Crippen LogP contribution in [-0.4, -0.2) is 118 Å². The van der Waals surface area contributed by atoms with Crippen LogP contribution in [0.3, 0.4) is 0 Å². The van der Waals surface area contributed by atoms with Crippen LogP contribution in [0, 0.1) is 11.8 Å². The molecule has 0 spiro atoms. The number of hydrogen-bond acceptors (Lipinski definition) is 10. The normalized spacial score (nSPS) is 34.2. The first-order valence-electron chi connectivity index (χ1n) is 16.3. The van der Waals surface area contributed by atoms with Gasteiger partial charge in [0.2, 0.25) is 0 Å². The standard InChI is InChI=1S/C34H60N2O8/c1-10-27(38)25(5)32-28(42-32)22-33(6,40)17-12-13-23(3)31-24(4)14-15-29(44-36(11-2)20-19-35(8)9)34(7,41)18-16-26(37)21-30(39)43-31/h12-15,17,24-29,31-32,37-38,40-41H,10-11,16,18-22H2,1-9H3/b15-14+,17-12+,23-13+. The summed E-state index contributed by atoms with van der Waals surface area (Å²) in [6, 6.07) is 0. The van der Waals surface area contributed by atoms with Crippen molar-refractivity contribution in [3.63, 3.8) is 0 Å². The highest BCUT2D eigenvalue weighted by Gasteiger charge is 2.47. The van der Waals surface area contributed by atoms with Crippen LogP contribution in [0.25, 0.3) is 0 Å². The lowest BCUT2D eigenvalue weighted by atomic mass is 9.89. The molecule has 0 aromatic rings. The summed E-state index contributed by atoms with van der Waals surface area (Å²) in [5.74, 6) is -0.778. The number of cyclic esters (lactones) is 1. The molecule has 4 N–H and O–H groups in total. The lowest BCUT2D eigenvalue weighted by Crippen LogP contribution is -2.46. The van der Waals surface area contributed by atoms with Gasteiger partial charge in [0, 0.05) is 37.9 Å². The molecule has 0 saturated carbocycles. The van der Waals surface area contributed by atoms with Gasteiger partial charge >= 0.3 is 5.97 Å². The number of epoxide rings is 1. The first-order valence-corrected chi connectivity index (χ1v) is 16.3. The highest BCUT2D eigenvalue weighted by molar-refractivity contribution is 5.70. The second-order valence-electron chi connectivity index (χ2n) is 13.6. The summed E-state index contributed by atoms with van der Waals surface area (Å²) in [7, 11) is 3.99. The second-order valence-corrected chi connectivity index (χ2v) is 13.6. The summed E-state index contributed by atoms with van der Waals surface area (Å²) in [6.07, 6.45) is 7.49. The third kappa shape index (κ3) is 12.6. The number of nitrogens with zero attached hydrogens (tertiary/aromatic N) is 2. The number of hydroxylamine groups is 2. The van der Waals surface area contributed by atoms with E-state index >= 15 is 0 Å². The number of ether oxygens (including phenoxy) is 2. The van der Waals surface area contributed by atoms with Crippen LogP contribution in [0.5, 0.6) is 0 Å². The van der Waals surface area contributed by atoms with Crippen molar-refractivity contribution in [2.24, 2.45) is 11.8 Å². The van der Waals surface area contributed by atoms with Crippen LogP contribution >= 0.6 is 0 Å². The fraction of sp³-hybridized carbons (Fsp3) is 0.794.